The van der Waals surface area contributed by atoms with Gasteiger partial charge >= 0.3 is 0 Å². The molecule has 1 amide bonds. The number of amides is 1. The van der Waals surface area contributed by atoms with E-state index < -0.39 is 0 Å². The molecule has 1 N–H and O–H groups in total. The van der Waals surface area contributed by atoms with Crippen molar-refractivity contribution in [1.82, 2.24) is 20.1 Å². The van der Waals surface area contributed by atoms with Crippen LogP contribution in [0.25, 0.3) is 0 Å². The van der Waals surface area contributed by atoms with Crippen molar-refractivity contribution in [1.29, 1.82) is 0 Å². The highest BCUT2D eigenvalue weighted by molar-refractivity contribution is 7.09. The second kappa shape index (κ2) is 6.02. The Bertz CT molecular complexity index is 502. The zero-order valence-corrected chi connectivity index (χ0v) is 13.7. The van der Waals surface area contributed by atoms with Gasteiger partial charge in [-0.3, -0.25) is 9.69 Å². The summed E-state index contributed by atoms with van der Waals surface area (Å²) in [7, 11) is 0. The summed E-state index contributed by atoms with van der Waals surface area (Å²) in [6.07, 6.45) is 0.962. The van der Waals surface area contributed by atoms with Gasteiger partial charge in [-0.15, -0.1) is 11.3 Å². The second-order valence-corrected chi connectivity index (χ2v) is 7.48. The number of piperazine rings is 1. The molecule has 3 rings (SSSR count). The number of carbonyl (C=O) groups excluding carboxylic acids is 1. The van der Waals surface area contributed by atoms with Crippen molar-refractivity contribution in [3.05, 3.63) is 16.1 Å². The van der Waals surface area contributed by atoms with E-state index in [9.17, 15) is 4.79 Å². The van der Waals surface area contributed by atoms with E-state index in [0.717, 1.165) is 62.9 Å². The van der Waals surface area contributed by atoms with Gasteiger partial charge in [-0.05, 0) is 26.8 Å². The molecule has 1 aromatic heterocycles. The molecule has 21 heavy (non-hydrogen) atoms. The molecule has 0 spiro atoms. The van der Waals surface area contributed by atoms with Crippen molar-refractivity contribution < 1.29 is 4.79 Å². The van der Waals surface area contributed by atoms with Crippen molar-refractivity contribution in [3.63, 3.8) is 0 Å². The first kappa shape index (κ1) is 14.9. The molecule has 6 heteroatoms. The Balaban J connectivity index is 1.52. The highest BCUT2D eigenvalue weighted by Gasteiger charge is 2.39. The fourth-order valence-electron chi connectivity index (χ4n) is 3.20. The molecule has 0 aromatic carbocycles. The minimum atomic E-state index is -0.186. The fourth-order valence-corrected chi connectivity index (χ4v) is 3.80. The van der Waals surface area contributed by atoms with Crippen LogP contribution in [-0.4, -0.2) is 60.0 Å². The number of hydrogen-bond acceptors (Lipinski definition) is 5. The van der Waals surface area contributed by atoms with Crippen LogP contribution in [0.1, 0.15) is 24.0 Å². The number of aromatic nitrogens is 1. The molecule has 0 radical (unpaired) electrons. The number of nitrogens with one attached hydrogen (secondary N) is 1. The topological polar surface area (TPSA) is 48.5 Å². The molecule has 1 atom stereocenters. The van der Waals surface area contributed by atoms with Crippen LogP contribution in [0.3, 0.4) is 0 Å². The average molecular weight is 308 g/mol. The molecule has 2 saturated heterocycles. The van der Waals surface area contributed by atoms with Gasteiger partial charge in [0.05, 0.1) is 16.1 Å². The average Bonchev–Trinajstić information content (AvgIpc) is 3.09. The molecule has 2 aliphatic heterocycles. The SMILES string of the molecule is Cc1nc(CN2CCN(C(=O)C3(C)CCNC3)CC2)cs1. The van der Waals surface area contributed by atoms with Crippen molar-refractivity contribution >= 4 is 17.2 Å². The molecule has 1 unspecified atom stereocenters. The minimum absolute atomic E-state index is 0.186. The van der Waals surface area contributed by atoms with Gasteiger partial charge in [0.15, 0.2) is 0 Å². The van der Waals surface area contributed by atoms with Gasteiger partial charge in [0.1, 0.15) is 0 Å². The minimum Gasteiger partial charge on any atom is -0.340 e. The first-order valence-corrected chi connectivity index (χ1v) is 8.58. The van der Waals surface area contributed by atoms with Crippen LogP contribution >= 0.6 is 11.3 Å². The number of nitrogens with zero attached hydrogens (tertiary/aromatic N) is 3. The van der Waals surface area contributed by atoms with Crippen molar-refractivity contribution in [2.75, 3.05) is 39.3 Å². The Morgan fingerprint density at radius 3 is 2.76 bits per heavy atom. The van der Waals surface area contributed by atoms with E-state index in [0.29, 0.717) is 5.91 Å². The third-order valence-corrected chi connectivity index (χ3v) is 5.42. The first-order chi connectivity index (χ1) is 10.1. The zero-order chi connectivity index (χ0) is 14.9. The Morgan fingerprint density at radius 2 is 2.19 bits per heavy atom. The lowest BCUT2D eigenvalue weighted by Gasteiger charge is -2.38. The summed E-state index contributed by atoms with van der Waals surface area (Å²) in [5.74, 6) is 0.330. The van der Waals surface area contributed by atoms with Crippen molar-refractivity contribution in [3.8, 4) is 0 Å². The molecular formula is C15H24N4OS. The van der Waals surface area contributed by atoms with Gasteiger partial charge in [0, 0.05) is 44.6 Å². The van der Waals surface area contributed by atoms with E-state index in [1.54, 1.807) is 11.3 Å². The summed E-state index contributed by atoms with van der Waals surface area (Å²) in [5.41, 5.74) is 0.970. The lowest BCUT2D eigenvalue weighted by atomic mass is 9.88. The Kier molecular flexibility index (Phi) is 4.28. The quantitative estimate of drug-likeness (QED) is 0.908. The van der Waals surface area contributed by atoms with E-state index in [1.165, 1.54) is 0 Å². The second-order valence-electron chi connectivity index (χ2n) is 6.41. The van der Waals surface area contributed by atoms with Gasteiger partial charge in [-0.1, -0.05) is 0 Å². The maximum Gasteiger partial charge on any atom is 0.229 e. The largest absolute Gasteiger partial charge is 0.340 e. The van der Waals surface area contributed by atoms with Gasteiger partial charge < -0.3 is 10.2 Å². The first-order valence-electron chi connectivity index (χ1n) is 7.70. The van der Waals surface area contributed by atoms with Crippen molar-refractivity contribution in [2.24, 2.45) is 5.41 Å². The summed E-state index contributed by atoms with van der Waals surface area (Å²) in [6.45, 7) is 10.4. The Morgan fingerprint density at radius 1 is 1.43 bits per heavy atom. The molecule has 116 valence electrons. The predicted molar refractivity (Wildman–Crippen MR) is 84.3 cm³/mol. The van der Waals surface area contributed by atoms with Crippen LogP contribution in [0.4, 0.5) is 0 Å². The molecule has 3 heterocycles. The maximum atomic E-state index is 12.6. The van der Waals surface area contributed by atoms with E-state index in [-0.39, 0.29) is 5.41 Å². The Hall–Kier alpha value is -0.980. The van der Waals surface area contributed by atoms with Crippen LogP contribution < -0.4 is 5.32 Å². The number of hydrogen-bond donors (Lipinski definition) is 1. The molecule has 0 aliphatic carbocycles. The van der Waals surface area contributed by atoms with Crippen LogP contribution in [-0.2, 0) is 11.3 Å². The summed E-state index contributed by atoms with van der Waals surface area (Å²) >= 11 is 1.71. The molecule has 2 aliphatic rings. The summed E-state index contributed by atoms with van der Waals surface area (Å²) < 4.78 is 0. The Labute approximate surface area is 130 Å². The van der Waals surface area contributed by atoms with E-state index in [2.05, 4.69) is 32.4 Å². The molecule has 0 bridgehead atoms. The van der Waals surface area contributed by atoms with Crippen LogP contribution in [0.2, 0.25) is 0 Å². The lowest BCUT2D eigenvalue weighted by molar-refractivity contribution is -0.142. The van der Waals surface area contributed by atoms with Gasteiger partial charge in [-0.2, -0.15) is 0 Å². The molecule has 5 nitrogen and oxygen atoms in total. The van der Waals surface area contributed by atoms with E-state index in [4.69, 9.17) is 0 Å². The van der Waals surface area contributed by atoms with Crippen LogP contribution in [0.5, 0.6) is 0 Å². The standard InChI is InChI=1S/C15H24N4OS/c1-12-17-13(10-21-12)9-18-5-7-19(8-6-18)14(20)15(2)3-4-16-11-15/h10,16H,3-9,11H2,1-2H3. The molecule has 2 fully saturated rings. The van der Waals surface area contributed by atoms with Gasteiger partial charge in [-0.25, -0.2) is 4.98 Å². The predicted octanol–water partition coefficient (Wildman–Crippen LogP) is 1.10. The summed E-state index contributed by atoms with van der Waals surface area (Å²) in [6, 6.07) is 0. The van der Waals surface area contributed by atoms with Crippen LogP contribution in [0, 0.1) is 12.3 Å². The summed E-state index contributed by atoms with van der Waals surface area (Å²) in [5, 5.41) is 6.57. The maximum absolute atomic E-state index is 12.6. The normalized spacial score (nSPS) is 27.2. The molecular weight excluding hydrogens is 284 g/mol. The monoisotopic (exact) mass is 308 g/mol. The number of carbonyl (C=O) groups is 1. The van der Waals surface area contributed by atoms with E-state index >= 15 is 0 Å². The van der Waals surface area contributed by atoms with Crippen molar-refractivity contribution in [2.45, 2.75) is 26.8 Å². The van der Waals surface area contributed by atoms with Gasteiger partial charge in [0.2, 0.25) is 5.91 Å². The fraction of sp³-hybridized carbons (Fsp3) is 0.733. The van der Waals surface area contributed by atoms with Crippen LogP contribution in [0.15, 0.2) is 5.38 Å². The van der Waals surface area contributed by atoms with Gasteiger partial charge in [0.25, 0.3) is 0 Å². The molecule has 0 saturated carbocycles. The van der Waals surface area contributed by atoms with E-state index in [1.807, 2.05) is 6.92 Å². The summed E-state index contributed by atoms with van der Waals surface area (Å²) in [4.78, 5) is 21.6. The number of thiazole rings is 1. The third-order valence-electron chi connectivity index (χ3n) is 4.60. The number of rotatable bonds is 3. The zero-order valence-electron chi connectivity index (χ0n) is 12.9. The lowest BCUT2D eigenvalue weighted by Crippen LogP contribution is -2.52. The highest BCUT2D eigenvalue weighted by atomic mass is 32.1. The highest BCUT2D eigenvalue weighted by Crippen LogP contribution is 2.27. The smallest absolute Gasteiger partial charge is 0.229 e. The third kappa shape index (κ3) is 3.27. The number of aryl methyl sites for hydroxylation is 1. The molecule has 1 aromatic rings.